The van der Waals surface area contributed by atoms with Crippen molar-refractivity contribution in [3.63, 3.8) is 0 Å². The Morgan fingerprint density at radius 3 is 2.50 bits per heavy atom. The van der Waals surface area contributed by atoms with Crippen LogP contribution in [0.5, 0.6) is 0 Å². The van der Waals surface area contributed by atoms with Crippen LogP contribution in [-0.4, -0.2) is 11.1 Å². The summed E-state index contributed by atoms with van der Waals surface area (Å²) in [6, 6.07) is 0. The van der Waals surface area contributed by atoms with E-state index in [1.807, 2.05) is 31.2 Å². The van der Waals surface area contributed by atoms with E-state index < -0.39 is 5.97 Å². The van der Waals surface area contributed by atoms with Gasteiger partial charge in [-0.15, -0.1) is 0 Å². The van der Waals surface area contributed by atoms with Gasteiger partial charge in [-0.1, -0.05) is 36.1 Å². The van der Waals surface area contributed by atoms with Gasteiger partial charge in [0.25, 0.3) is 0 Å². The first-order chi connectivity index (χ1) is 7.77. The van der Waals surface area contributed by atoms with Crippen molar-refractivity contribution >= 4 is 5.97 Å². The molecule has 2 nitrogen and oxygen atoms in total. The largest absolute Gasteiger partial charge is 0.481 e. The average Bonchev–Trinajstić information content (AvgIpc) is 2.25. The van der Waals surface area contributed by atoms with E-state index in [1.54, 1.807) is 0 Å². The summed E-state index contributed by atoms with van der Waals surface area (Å²) in [6.45, 7) is 1.97. The zero-order valence-electron chi connectivity index (χ0n) is 9.49. The summed E-state index contributed by atoms with van der Waals surface area (Å²) in [4.78, 5) is 10.1. The van der Waals surface area contributed by atoms with E-state index >= 15 is 0 Å². The lowest BCUT2D eigenvalue weighted by molar-refractivity contribution is -0.136. The number of aliphatic carboxylic acids is 1. The van der Waals surface area contributed by atoms with E-state index in [1.165, 1.54) is 0 Å². The highest BCUT2D eigenvalue weighted by atomic mass is 16.4. The molecule has 0 aliphatic heterocycles. The van der Waals surface area contributed by atoms with E-state index in [9.17, 15) is 4.79 Å². The van der Waals surface area contributed by atoms with E-state index in [-0.39, 0.29) is 6.42 Å². The van der Waals surface area contributed by atoms with Gasteiger partial charge >= 0.3 is 5.97 Å². The van der Waals surface area contributed by atoms with Crippen LogP contribution in [0.4, 0.5) is 0 Å². The molecule has 0 rings (SSSR count). The first kappa shape index (κ1) is 14.1. The van der Waals surface area contributed by atoms with Crippen LogP contribution in [-0.2, 0) is 4.79 Å². The molecule has 0 aliphatic carbocycles. The van der Waals surface area contributed by atoms with Crippen molar-refractivity contribution in [3.8, 4) is 23.7 Å². The molecule has 0 aromatic carbocycles. The fraction of sp³-hybridized carbons (Fsp3) is 0.357. The van der Waals surface area contributed by atoms with Crippen molar-refractivity contribution in [1.29, 1.82) is 0 Å². The minimum Gasteiger partial charge on any atom is -0.481 e. The van der Waals surface area contributed by atoms with Gasteiger partial charge in [-0.05, 0) is 25.2 Å². The fourth-order valence-corrected chi connectivity index (χ4v) is 0.824. The molecule has 0 aromatic heterocycles. The summed E-state index contributed by atoms with van der Waals surface area (Å²) in [6.07, 6.45) is 10.1. The van der Waals surface area contributed by atoms with Crippen LogP contribution < -0.4 is 0 Å². The van der Waals surface area contributed by atoms with E-state index in [2.05, 4.69) is 23.7 Å². The Bertz CT molecular complexity index is 367. The second-order valence-corrected chi connectivity index (χ2v) is 2.99. The monoisotopic (exact) mass is 216 g/mol. The molecule has 0 radical (unpaired) electrons. The zero-order valence-corrected chi connectivity index (χ0v) is 9.49. The summed E-state index contributed by atoms with van der Waals surface area (Å²) in [7, 11) is 0. The quantitative estimate of drug-likeness (QED) is 0.436. The maximum absolute atomic E-state index is 10.1. The van der Waals surface area contributed by atoms with Gasteiger partial charge in [0.15, 0.2) is 0 Å². The Balaban J connectivity index is 3.58. The van der Waals surface area contributed by atoms with Crippen LogP contribution in [0.3, 0.4) is 0 Å². The maximum atomic E-state index is 10.1. The van der Waals surface area contributed by atoms with Crippen LogP contribution in [0.2, 0.25) is 0 Å². The van der Waals surface area contributed by atoms with Crippen molar-refractivity contribution in [1.82, 2.24) is 0 Å². The molecular formula is C14H16O2. The van der Waals surface area contributed by atoms with Gasteiger partial charge in [0.2, 0.25) is 0 Å². The number of carboxylic acids is 1. The molecule has 84 valence electrons. The van der Waals surface area contributed by atoms with Crippen molar-refractivity contribution < 1.29 is 9.90 Å². The lowest BCUT2D eigenvalue weighted by Gasteiger charge is -1.81. The SMILES string of the molecule is C/C=C/C=C/CCC#CC#CCCC(=O)O. The normalized spacial score (nSPS) is 9.56. The van der Waals surface area contributed by atoms with Crippen LogP contribution in [0.25, 0.3) is 0 Å². The Morgan fingerprint density at radius 2 is 1.88 bits per heavy atom. The number of hydrogen-bond acceptors (Lipinski definition) is 1. The smallest absolute Gasteiger partial charge is 0.304 e. The number of carboxylic acid groups (broad SMARTS) is 1. The molecule has 0 atom stereocenters. The first-order valence-corrected chi connectivity index (χ1v) is 5.22. The number of carbonyl (C=O) groups is 1. The Hall–Kier alpha value is -1.93. The Morgan fingerprint density at radius 1 is 1.19 bits per heavy atom. The van der Waals surface area contributed by atoms with Crippen molar-refractivity contribution in [3.05, 3.63) is 24.3 Å². The fourth-order valence-electron chi connectivity index (χ4n) is 0.824. The van der Waals surface area contributed by atoms with E-state index in [0.29, 0.717) is 6.42 Å². The Labute approximate surface area is 97.1 Å². The molecule has 0 saturated heterocycles. The molecule has 0 amide bonds. The van der Waals surface area contributed by atoms with Crippen molar-refractivity contribution in [2.24, 2.45) is 0 Å². The molecule has 16 heavy (non-hydrogen) atoms. The molecule has 0 bridgehead atoms. The first-order valence-electron chi connectivity index (χ1n) is 5.22. The number of hydrogen-bond donors (Lipinski definition) is 1. The van der Waals surface area contributed by atoms with Gasteiger partial charge in [-0.25, -0.2) is 0 Å². The van der Waals surface area contributed by atoms with Crippen molar-refractivity contribution in [2.45, 2.75) is 32.6 Å². The molecular weight excluding hydrogens is 200 g/mol. The van der Waals surface area contributed by atoms with Crippen molar-refractivity contribution in [2.75, 3.05) is 0 Å². The summed E-state index contributed by atoms with van der Waals surface area (Å²) >= 11 is 0. The van der Waals surface area contributed by atoms with Crippen LogP contribution in [0, 0.1) is 23.7 Å². The standard InChI is InChI=1S/C14H16O2/c1-2-3-4-5-6-7-8-9-10-11-12-13-14(15)16/h2-5H,6-7,12-13H2,1H3,(H,15,16)/b3-2+,5-4+. The van der Waals surface area contributed by atoms with Crippen LogP contribution in [0.1, 0.15) is 32.6 Å². The molecule has 0 unspecified atom stereocenters. The lowest BCUT2D eigenvalue weighted by Crippen LogP contribution is -1.91. The predicted molar refractivity (Wildman–Crippen MR) is 65.6 cm³/mol. The molecule has 0 fully saturated rings. The lowest BCUT2D eigenvalue weighted by atomic mass is 10.3. The third-order valence-corrected chi connectivity index (χ3v) is 1.58. The minimum atomic E-state index is -0.823. The summed E-state index contributed by atoms with van der Waals surface area (Å²) < 4.78 is 0. The Kier molecular flexibility index (Phi) is 9.80. The number of rotatable bonds is 5. The third kappa shape index (κ3) is 12.1. The topological polar surface area (TPSA) is 37.3 Å². The summed E-state index contributed by atoms with van der Waals surface area (Å²) in [5.74, 6) is 10.1. The summed E-state index contributed by atoms with van der Waals surface area (Å²) in [5.41, 5.74) is 0. The highest BCUT2D eigenvalue weighted by molar-refractivity contribution is 5.67. The second-order valence-electron chi connectivity index (χ2n) is 2.99. The van der Waals surface area contributed by atoms with Crippen LogP contribution >= 0.6 is 0 Å². The number of allylic oxidation sites excluding steroid dienone is 4. The molecule has 0 saturated carbocycles. The van der Waals surface area contributed by atoms with Gasteiger partial charge in [0, 0.05) is 12.8 Å². The molecule has 0 aromatic rings. The maximum Gasteiger partial charge on any atom is 0.304 e. The number of unbranched alkanes of at least 4 members (excludes halogenated alkanes) is 1. The molecule has 1 N–H and O–H groups in total. The molecule has 2 heteroatoms. The van der Waals surface area contributed by atoms with Gasteiger partial charge in [-0.3, -0.25) is 4.79 Å². The van der Waals surface area contributed by atoms with Crippen LogP contribution in [0.15, 0.2) is 24.3 Å². The summed E-state index contributed by atoms with van der Waals surface area (Å²) in [5, 5.41) is 8.34. The highest BCUT2D eigenvalue weighted by Crippen LogP contribution is 1.89. The second kappa shape index (κ2) is 11.1. The average molecular weight is 216 g/mol. The predicted octanol–water partition coefficient (Wildman–Crippen LogP) is 2.77. The van der Waals surface area contributed by atoms with Gasteiger partial charge in [0.1, 0.15) is 0 Å². The zero-order chi connectivity index (χ0) is 12.1. The van der Waals surface area contributed by atoms with Gasteiger partial charge in [0.05, 0.1) is 6.42 Å². The van der Waals surface area contributed by atoms with E-state index in [4.69, 9.17) is 5.11 Å². The molecule has 0 aliphatic rings. The molecule has 0 heterocycles. The third-order valence-electron chi connectivity index (χ3n) is 1.58. The van der Waals surface area contributed by atoms with Gasteiger partial charge in [-0.2, -0.15) is 0 Å². The van der Waals surface area contributed by atoms with Gasteiger partial charge < -0.3 is 5.11 Å². The highest BCUT2D eigenvalue weighted by Gasteiger charge is 1.90. The van der Waals surface area contributed by atoms with E-state index in [0.717, 1.165) is 12.8 Å². The minimum absolute atomic E-state index is 0.0841. The molecule has 0 spiro atoms.